The summed E-state index contributed by atoms with van der Waals surface area (Å²) in [5.41, 5.74) is 8.40. The van der Waals surface area contributed by atoms with Crippen molar-refractivity contribution in [3.63, 3.8) is 0 Å². The SMILES string of the molecule is CC1(C)c2ccccc2Oc2cccc(-c3cccc(-c4nc(-c5ccccc5)c5ccccc5n4)c3)c21. The molecule has 3 nitrogen and oxygen atoms in total. The Morgan fingerprint density at radius 1 is 0.579 bits per heavy atom. The van der Waals surface area contributed by atoms with Crippen LogP contribution in [0.3, 0.4) is 0 Å². The normalized spacial score (nSPS) is 13.4. The molecule has 0 fully saturated rings. The van der Waals surface area contributed by atoms with Gasteiger partial charge in [-0.1, -0.05) is 111 Å². The van der Waals surface area contributed by atoms with Gasteiger partial charge in [0.1, 0.15) is 11.5 Å². The van der Waals surface area contributed by atoms with E-state index in [2.05, 4.69) is 98.8 Å². The van der Waals surface area contributed by atoms with Crippen molar-refractivity contribution in [3.05, 3.63) is 132 Å². The van der Waals surface area contributed by atoms with Gasteiger partial charge < -0.3 is 4.74 Å². The molecule has 1 aliphatic heterocycles. The van der Waals surface area contributed by atoms with E-state index in [-0.39, 0.29) is 5.41 Å². The molecule has 1 aliphatic rings. The minimum atomic E-state index is -0.212. The summed E-state index contributed by atoms with van der Waals surface area (Å²) in [6, 6.07) is 41.8. The number of hydrogen-bond acceptors (Lipinski definition) is 3. The Morgan fingerprint density at radius 2 is 1.26 bits per heavy atom. The molecule has 2 heterocycles. The van der Waals surface area contributed by atoms with Crippen LogP contribution in [0.1, 0.15) is 25.0 Å². The van der Waals surface area contributed by atoms with E-state index in [9.17, 15) is 0 Å². The van der Waals surface area contributed by atoms with Gasteiger partial charge in [0.05, 0.1) is 11.2 Å². The van der Waals surface area contributed by atoms with Crippen LogP contribution in [0, 0.1) is 0 Å². The van der Waals surface area contributed by atoms with E-state index in [4.69, 9.17) is 14.7 Å². The molecule has 0 saturated heterocycles. The fraction of sp³-hybridized carbons (Fsp3) is 0.0857. The number of nitrogens with zero attached hydrogens (tertiary/aromatic N) is 2. The fourth-order valence-corrected chi connectivity index (χ4v) is 5.67. The Kier molecular flexibility index (Phi) is 5.12. The molecule has 0 spiro atoms. The van der Waals surface area contributed by atoms with Crippen molar-refractivity contribution < 1.29 is 4.74 Å². The van der Waals surface area contributed by atoms with Gasteiger partial charge in [0.15, 0.2) is 5.82 Å². The van der Waals surface area contributed by atoms with E-state index >= 15 is 0 Å². The van der Waals surface area contributed by atoms with Crippen LogP contribution in [0.5, 0.6) is 11.5 Å². The molecular formula is C35H26N2O. The maximum absolute atomic E-state index is 6.38. The number of fused-ring (bicyclic) bond motifs is 3. The third-order valence-electron chi connectivity index (χ3n) is 7.51. The van der Waals surface area contributed by atoms with Crippen LogP contribution in [0.4, 0.5) is 0 Å². The van der Waals surface area contributed by atoms with Crippen molar-refractivity contribution in [1.29, 1.82) is 0 Å². The van der Waals surface area contributed by atoms with Gasteiger partial charge in [-0.15, -0.1) is 0 Å². The summed E-state index contributed by atoms with van der Waals surface area (Å²) in [5, 5.41) is 1.05. The van der Waals surface area contributed by atoms with Crippen LogP contribution in [0.25, 0.3) is 44.7 Å². The largest absolute Gasteiger partial charge is 0.457 e. The van der Waals surface area contributed by atoms with Crippen molar-refractivity contribution >= 4 is 10.9 Å². The van der Waals surface area contributed by atoms with E-state index < -0.39 is 0 Å². The highest BCUT2D eigenvalue weighted by Crippen LogP contribution is 2.51. The first kappa shape index (κ1) is 22.4. The Morgan fingerprint density at radius 3 is 2.16 bits per heavy atom. The molecular weight excluding hydrogens is 464 g/mol. The van der Waals surface area contributed by atoms with Crippen molar-refractivity contribution in [1.82, 2.24) is 9.97 Å². The van der Waals surface area contributed by atoms with Gasteiger partial charge in [-0.3, -0.25) is 0 Å². The van der Waals surface area contributed by atoms with Crippen LogP contribution >= 0.6 is 0 Å². The highest BCUT2D eigenvalue weighted by Gasteiger charge is 2.36. The zero-order valence-electron chi connectivity index (χ0n) is 21.3. The predicted molar refractivity (Wildman–Crippen MR) is 154 cm³/mol. The number of ether oxygens (including phenoxy) is 1. The summed E-state index contributed by atoms with van der Waals surface area (Å²) < 4.78 is 6.38. The van der Waals surface area contributed by atoms with Crippen LogP contribution in [-0.4, -0.2) is 9.97 Å². The summed E-state index contributed by atoms with van der Waals surface area (Å²) in [5.74, 6) is 2.55. The van der Waals surface area contributed by atoms with Gasteiger partial charge in [0.25, 0.3) is 0 Å². The molecule has 0 saturated carbocycles. The minimum absolute atomic E-state index is 0.212. The van der Waals surface area contributed by atoms with Crippen molar-refractivity contribution in [3.8, 4) is 45.3 Å². The topological polar surface area (TPSA) is 35.0 Å². The monoisotopic (exact) mass is 490 g/mol. The lowest BCUT2D eigenvalue weighted by molar-refractivity contribution is 0.419. The van der Waals surface area contributed by atoms with E-state index in [1.165, 1.54) is 11.1 Å². The van der Waals surface area contributed by atoms with Crippen LogP contribution in [-0.2, 0) is 5.41 Å². The Bertz CT molecular complexity index is 1820. The zero-order chi connectivity index (χ0) is 25.7. The van der Waals surface area contributed by atoms with Crippen LogP contribution < -0.4 is 4.74 Å². The first-order valence-electron chi connectivity index (χ1n) is 12.9. The predicted octanol–water partition coefficient (Wildman–Crippen LogP) is 9.06. The van der Waals surface area contributed by atoms with E-state index in [1.807, 2.05) is 36.4 Å². The Hall–Kier alpha value is -4.76. The van der Waals surface area contributed by atoms with E-state index in [0.29, 0.717) is 0 Å². The first-order chi connectivity index (χ1) is 18.6. The second-order valence-corrected chi connectivity index (χ2v) is 10.3. The molecule has 0 N–H and O–H groups in total. The average Bonchev–Trinajstić information content (AvgIpc) is 2.97. The standard InChI is InChI=1S/C35H26N2O/c1-35(2)28-18-7-9-20-30(28)38-31-21-11-17-26(32(31)35)24-14-10-15-25(22-24)34-36-29-19-8-6-16-27(29)33(37-34)23-12-4-3-5-13-23/h3-22H,1-2H3. The summed E-state index contributed by atoms with van der Waals surface area (Å²) in [6.07, 6.45) is 0. The number of hydrogen-bond donors (Lipinski definition) is 0. The van der Waals surface area contributed by atoms with Gasteiger partial charge in [-0.05, 0) is 35.4 Å². The quantitative estimate of drug-likeness (QED) is 0.248. The number of aromatic nitrogens is 2. The molecule has 0 bridgehead atoms. The lowest BCUT2D eigenvalue weighted by atomic mass is 9.73. The molecule has 0 aliphatic carbocycles. The molecule has 5 aromatic carbocycles. The third-order valence-corrected chi connectivity index (χ3v) is 7.51. The molecule has 6 aromatic rings. The maximum atomic E-state index is 6.38. The van der Waals surface area contributed by atoms with Crippen LogP contribution in [0.2, 0.25) is 0 Å². The molecule has 182 valence electrons. The summed E-state index contributed by atoms with van der Waals surface area (Å²) in [6.45, 7) is 4.55. The minimum Gasteiger partial charge on any atom is -0.457 e. The maximum Gasteiger partial charge on any atom is 0.160 e. The molecule has 38 heavy (non-hydrogen) atoms. The number of benzene rings is 5. The third kappa shape index (κ3) is 3.59. The second-order valence-electron chi connectivity index (χ2n) is 10.3. The summed E-state index contributed by atoms with van der Waals surface area (Å²) in [4.78, 5) is 10.1. The molecule has 0 amide bonds. The van der Waals surface area contributed by atoms with Crippen LogP contribution in [0.15, 0.2) is 121 Å². The van der Waals surface area contributed by atoms with Crippen molar-refractivity contribution in [2.45, 2.75) is 19.3 Å². The Labute approximate surface area is 222 Å². The zero-order valence-corrected chi connectivity index (χ0v) is 21.3. The highest BCUT2D eigenvalue weighted by molar-refractivity contribution is 5.93. The fourth-order valence-electron chi connectivity index (χ4n) is 5.67. The number of para-hydroxylation sites is 2. The lowest BCUT2D eigenvalue weighted by Crippen LogP contribution is -2.25. The van der Waals surface area contributed by atoms with E-state index in [0.717, 1.165) is 56.2 Å². The van der Waals surface area contributed by atoms with Gasteiger partial charge in [0, 0.05) is 33.1 Å². The average molecular weight is 491 g/mol. The molecule has 7 rings (SSSR count). The van der Waals surface area contributed by atoms with Crippen molar-refractivity contribution in [2.75, 3.05) is 0 Å². The number of rotatable bonds is 3. The van der Waals surface area contributed by atoms with Crippen molar-refractivity contribution in [2.24, 2.45) is 0 Å². The lowest BCUT2D eigenvalue weighted by Gasteiger charge is -2.36. The van der Waals surface area contributed by atoms with Gasteiger partial charge in [-0.2, -0.15) is 0 Å². The second kappa shape index (κ2) is 8.67. The molecule has 3 heteroatoms. The smallest absolute Gasteiger partial charge is 0.160 e. The Balaban J connectivity index is 1.39. The summed E-state index contributed by atoms with van der Waals surface area (Å²) in [7, 11) is 0. The highest BCUT2D eigenvalue weighted by atomic mass is 16.5. The summed E-state index contributed by atoms with van der Waals surface area (Å²) >= 11 is 0. The molecule has 0 unspecified atom stereocenters. The van der Waals surface area contributed by atoms with Gasteiger partial charge in [0.2, 0.25) is 0 Å². The first-order valence-corrected chi connectivity index (χ1v) is 12.9. The van der Waals surface area contributed by atoms with E-state index in [1.54, 1.807) is 0 Å². The van der Waals surface area contributed by atoms with Gasteiger partial charge in [-0.25, -0.2) is 9.97 Å². The molecule has 0 radical (unpaired) electrons. The molecule has 0 atom stereocenters. The molecule has 1 aromatic heterocycles. The van der Waals surface area contributed by atoms with Gasteiger partial charge >= 0.3 is 0 Å².